The minimum atomic E-state index is -4.07. The Bertz CT molecular complexity index is 1870. The van der Waals surface area contributed by atoms with Crippen LogP contribution in [0.4, 0.5) is 14.5 Å². The van der Waals surface area contributed by atoms with E-state index in [1.54, 1.807) is 14.1 Å². The molecule has 0 aliphatic carbocycles. The summed E-state index contributed by atoms with van der Waals surface area (Å²) in [7, 11) is -0.951. The van der Waals surface area contributed by atoms with E-state index in [0.29, 0.717) is 5.56 Å². The third-order valence-corrected chi connectivity index (χ3v) is 8.10. The third kappa shape index (κ3) is 5.05. The molecular formula is C28H23F2N3O6S. The van der Waals surface area contributed by atoms with Crippen molar-refractivity contribution in [3.05, 3.63) is 93.8 Å². The minimum absolute atomic E-state index is 0.00996. The molecule has 1 N–H and O–H groups in total. The fourth-order valence-electron chi connectivity index (χ4n) is 4.37. The van der Waals surface area contributed by atoms with E-state index in [2.05, 4.69) is 4.99 Å². The van der Waals surface area contributed by atoms with Gasteiger partial charge in [0.2, 0.25) is 0 Å². The molecule has 12 heteroatoms. The van der Waals surface area contributed by atoms with E-state index in [-0.39, 0.29) is 57.6 Å². The van der Waals surface area contributed by atoms with Gasteiger partial charge in [-0.25, -0.2) is 17.2 Å². The van der Waals surface area contributed by atoms with Gasteiger partial charge in [0.05, 0.1) is 34.1 Å². The highest BCUT2D eigenvalue weighted by molar-refractivity contribution is 7.92. The van der Waals surface area contributed by atoms with Crippen LogP contribution in [0, 0.1) is 11.6 Å². The number of nitrogens with zero attached hydrogens (tertiary/aromatic N) is 3. The van der Waals surface area contributed by atoms with Gasteiger partial charge in [0.25, 0.3) is 11.5 Å². The Morgan fingerprint density at radius 2 is 1.75 bits per heavy atom. The molecule has 1 aromatic heterocycles. The first kappa shape index (κ1) is 27.0. The van der Waals surface area contributed by atoms with Gasteiger partial charge in [-0.05, 0) is 48.0 Å². The third-order valence-electron chi connectivity index (χ3n) is 6.45. The van der Waals surface area contributed by atoms with E-state index in [1.807, 2.05) is 0 Å². The number of rotatable bonds is 6. The van der Waals surface area contributed by atoms with Crippen LogP contribution in [-0.4, -0.2) is 61.1 Å². The number of aromatic hydroxyl groups is 1. The molecule has 5 rings (SSSR count). The van der Waals surface area contributed by atoms with Crippen LogP contribution in [0.25, 0.3) is 10.9 Å². The molecule has 0 unspecified atom stereocenters. The topological polar surface area (TPSA) is 118 Å². The Kier molecular flexibility index (Phi) is 6.88. The number of sulfone groups is 1. The van der Waals surface area contributed by atoms with E-state index in [0.717, 1.165) is 12.1 Å². The van der Waals surface area contributed by atoms with Crippen LogP contribution in [0.2, 0.25) is 0 Å². The van der Waals surface area contributed by atoms with Gasteiger partial charge in [0, 0.05) is 25.5 Å². The van der Waals surface area contributed by atoms with Crippen molar-refractivity contribution in [1.29, 1.82) is 0 Å². The maximum Gasteiger partial charge on any atom is 0.264 e. The highest BCUT2D eigenvalue weighted by Crippen LogP contribution is 2.36. The van der Waals surface area contributed by atoms with Crippen LogP contribution in [0.5, 0.6) is 11.5 Å². The molecule has 3 aromatic carbocycles. The lowest BCUT2D eigenvalue weighted by atomic mass is 10.1. The van der Waals surface area contributed by atoms with Crippen molar-refractivity contribution in [2.24, 2.45) is 4.99 Å². The number of amides is 1. The number of pyridine rings is 1. The zero-order valence-electron chi connectivity index (χ0n) is 21.4. The normalized spacial score (nSPS) is 13.9. The number of likely N-dealkylation sites (N-methyl/N-ethyl adjacent to an activating group) is 1. The Balaban J connectivity index is 1.64. The van der Waals surface area contributed by atoms with E-state index >= 15 is 0 Å². The smallest absolute Gasteiger partial charge is 0.264 e. The number of aliphatic imine (C=N–C) groups is 1. The van der Waals surface area contributed by atoms with Gasteiger partial charge in [-0.1, -0.05) is 12.1 Å². The summed E-state index contributed by atoms with van der Waals surface area (Å²) in [5.41, 5.74) is -0.589. The molecule has 0 saturated heterocycles. The largest absolute Gasteiger partial charge is 0.506 e. The number of hydrogen-bond acceptors (Lipinski definition) is 7. The first-order chi connectivity index (χ1) is 18.9. The second-order valence-electron chi connectivity index (χ2n) is 9.43. The van der Waals surface area contributed by atoms with E-state index < -0.39 is 38.5 Å². The molecular weight excluding hydrogens is 544 g/mol. The molecule has 0 bridgehead atoms. The number of aromatic nitrogens is 1. The van der Waals surface area contributed by atoms with Gasteiger partial charge in [0.15, 0.2) is 16.4 Å². The first-order valence-electron chi connectivity index (χ1n) is 12.0. The summed E-state index contributed by atoms with van der Waals surface area (Å²) < 4.78 is 60.9. The van der Waals surface area contributed by atoms with Crippen molar-refractivity contribution in [3.8, 4) is 11.5 Å². The molecule has 1 amide bonds. The average molecular weight is 568 g/mol. The van der Waals surface area contributed by atoms with Gasteiger partial charge >= 0.3 is 0 Å². The predicted octanol–water partition coefficient (Wildman–Crippen LogP) is 3.41. The van der Waals surface area contributed by atoms with Crippen molar-refractivity contribution in [1.82, 2.24) is 9.47 Å². The molecule has 0 radical (unpaired) electrons. The number of benzene rings is 3. The Morgan fingerprint density at radius 1 is 1.05 bits per heavy atom. The summed E-state index contributed by atoms with van der Waals surface area (Å²) in [6.07, 6.45) is 0. The zero-order valence-corrected chi connectivity index (χ0v) is 22.2. The Hall–Kier alpha value is -4.58. The maximum atomic E-state index is 14.2. The van der Waals surface area contributed by atoms with Crippen LogP contribution in [-0.2, 0) is 21.2 Å². The molecule has 1 aliphatic rings. The summed E-state index contributed by atoms with van der Waals surface area (Å²) in [5, 5.41) is 11.1. The SMILES string of the molecule is CN(C)C(=O)COc1ccc2c(c1)S(=O)(=O)CC(c1c(O)c3cc(F)ccc3n(Cc3ccc(F)cc3)c1=O)=N2. The number of fused-ring (bicyclic) bond motifs is 2. The molecule has 0 atom stereocenters. The quantitative estimate of drug-likeness (QED) is 0.382. The molecule has 0 saturated carbocycles. The van der Waals surface area contributed by atoms with Gasteiger partial charge in [-0.3, -0.25) is 14.6 Å². The highest BCUT2D eigenvalue weighted by atomic mass is 32.2. The molecule has 0 spiro atoms. The second kappa shape index (κ2) is 10.2. The lowest BCUT2D eigenvalue weighted by Gasteiger charge is -2.20. The summed E-state index contributed by atoms with van der Waals surface area (Å²) in [5.74, 6) is -2.64. The molecule has 1 aliphatic heterocycles. The second-order valence-corrected chi connectivity index (χ2v) is 11.4. The Labute approximate surface area is 227 Å². The molecule has 9 nitrogen and oxygen atoms in total. The number of carbonyl (C=O) groups is 1. The van der Waals surface area contributed by atoms with Gasteiger partial charge in [-0.15, -0.1) is 0 Å². The lowest BCUT2D eigenvalue weighted by Crippen LogP contribution is -2.32. The van der Waals surface area contributed by atoms with Gasteiger partial charge in [-0.2, -0.15) is 0 Å². The first-order valence-corrected chi connectivity index (χ1v) is 13.7. The van der Waals surface area contributed by atoms with Gasteiger partial charge in [0.1, 0.15) is 28.7 Å². The number of ether oxygens (including phenoxy) is 1. The van der Waals surface area contributed by atoms with Crippen LogP contribution in [0.15, 0.2) is 75.3 Å². The zero-order chi connectivity index (χ0) is 28.8. The van der Waals surface area contributed by atoms with Crippen LogP contribution in [0.3, 0.4) is 0 Å². The van der Waals surface area contributed by atoms with Gasteiger partial charge < -0.3 is 19.3 Å². The number of halogens is 2. The van der Waals surface area contributed by atoms with E-state index in [9.17, 15) is 31.9 Å². The fourth-order valence-corrected chi connectivity index (χ4v) is 5.82. The number of carbonyl (C=O) groups excluding carboxylic acids is 1. The van der Waals surface area contributed by atoms with E-state index in [1.165, 1.54) is 58.0 Å². The van der Waals surface area contributed by atoms with Crippen LogP contribution < -0.4 is 10.3 Å². The molecule has 2 heterocycles. The summed E-state index contributed by atoms with van der Waals surface area (Å²) in [6.45, 7) is -0.354. The monoisotopic (exact) mass is 567 g/mol. The average Bonchev–Trinajstić information content (AvgIpc) is 2.90. The van der Waals surface area contributed by atoms with Crippen LogP contribution in [0.1, 0.15) is 11.1 Å². The molecule has 40 heavy (non-hydrogen) atoms. The summed E-state index contributed by atoms with van der Waals surface area (Å²) >= 11 is 0. The predicted molar refractivity (Wildman–Crippen MR) is 144 cm³/mol. The standard InChI is InChI=1S/C28H23F2N3O6S/c1-32(2)25(34)14-39-19-8-9-21-24(12-19)40(37,38)15-22(31-21)26-27(35)20-11-18(30)7-10-23(20)33(28(26)36)13-16-3-5-17(29)6-4-16/h3-12,35H,13-15H2,1-2H3. The highest BCUT2D eigenvalue weighted by Gasteiger charge is 2.32. The Morgan fingerprint density at radius 3 is 2.45 bits per heavy atom. The van der Waals surface area contributed by atoms with Crippen molar-refractivity contribution < 1.29 is 31.8 Å². The lowest BCUT2D eigenvalue weighted by molar-refractivity contribution is -0.130. The van der Waals surface area contributed by atoms with Crippen molar-refractivity contribution in [2.75, 3.05) is 26.5 Å². The molecule has 0 fully saturated rings. The number of hydrogen-bond donors (Lipinski definition) is 1. The van der Waals surface area contributed by atoms with Crippen LogP contribution >= 0.6 is 0 Å². The van der Waals surface area contributed by atoms with E-state index in [4.69, 9.17) is 4.74 Å². The van der Waals surface area contributed by atoms with Crippen molar-refractivity contribution >= 4 is 38.0 Å². The summed E-state index contributed by atoms with van der Waals surface area (Å²) in [6, 6.07) is 13.0. The molecule has 206 valence electrons. The van der Waals surface area contributed by atoms with Crippen molar-refractivity contribution in [2.45, 2.75) is 11.4 Å². The minimum Gasteiger partial charge on any atom is -0.506 e. The molecule has 4 aromatic rings. The summed E-state index contributed by atoms with van der Waals surface area (Å²) in [4.78, 5) is 31.1. The fraction of sp³-hybridized carbons (Fsp3) is 0.179. The van der Waals surface area contributed by atoms with Crippen molar-refractivity contribution in [3.63, 3.8) is 0 Å². The maximum absolute atomic E-state index is 14.2.